The summed E-state index contributed by atoms with van der Waals surface area (Å²) in [7, 11) is 0. The molecular weight excluding hydrogens is 391 g/mol. The maximum absolute atomic E-state index is 13.4. The Morgan fingerprint density at radius 2 is 2.10 bits per heavy atom. The Hall–Kier alpha value is -0.880. The van der Waals surface area contributed by atoms with Gasteiger partial charge in [0.2, 0.25) is 0 Å². The molecule has 2 rings (SSSR count). The van der Waals surface area contributed by atoms with Gasteiger partial charge in [-0.25, -0.2) is 4.39 Å². The van der Waals surface area contributed by atoms with Crippen LogP contribution in [0, 0.1) is 12.7 Å². The molecule has 1 heterocycles. The van der Waals surface area contributed by atoms with Crippen LogP contribution < -0.4 is 4.74 Å². The number of aromatic nitrogens is 2. The second-order valence-corrected chi connectivity index (χ2v) is 5.73. The van der Waals surface area contributed by atoms with Gasteiger partial charge in [-0.15, -0.1) is 0 Å². The fourth-order valence-corrected chi connectivity index (χ4v) is 2.66. The molecule has 3 nitrogen and oxygen atoms in total. The molecule has 0 aliphatic heterocycles. The van der Waals surface area contributed by atoms with Crippen molar-refractivity contribution in [1.82, 2.24) is 9.78 Å². The highest BCUT2D eigenvalue weighted by atomic mass is 79.9. The van der Waals surface area contributed by atoms with Crippen molar-refractivity contribution in [2.75, 3.05) is 0 Å². The lowest BCUT2D eigenvalue weighted by atomic mass is 10.2. The first-order chi connectivity index (χ1) is 9.55. The maximum atomic E-state index is 13.4. The minimum Gasteiger partial charge on any atom is -0.487 e. The van der Waals surface area contributed by atoms with Gasteiger partial charge < -0.3 is 4.74 Å². The predicted molar refractivity (Wildman–Crippen MR) is 83.7 cm³/mol. The number of ether oxygens (including phenoxy) is 1. The molecule has 0 unspecified atom stereocenters. The Kier molecular flexibility index (Phi) is 5.21. The van der Waals surface area contributed by atoms with Crippen molar-refractivity contribution < 1.29 is 9.13 Å². The smallest absolute Gasteiger partial charge is 0.131 e. The number of aryl methyl sites for hydroxylation is 2. The summed E-state index contributed by atoms with van der Waals surface area (Å²) in [6.07, 6.45) is 0. The molecule has 0 bridgehead atoms. The maximum Gasteiger partial charge on any atom is 0.131 e. The standard InChI is InChI=1S/C14H15Br2FN2O/c1-3-19-13(14(16)9(2)18-19)8-20-12-5-10(7-15)4-11(17)6-12/h4-6H,3,7-8H2,1-2H3. The largest absolute Gasteiger partial charge is 0.487 e. The lowest BCUT2D eigenvalue weighted by molar-refractivity contribution is 0.290. The molecule has 20 heavy (non-hydrogen) atoms. The Labute approximate surface area is 134 Å². The highest BCUT2D eigenvalue weighted by Crippen LogP contribution is 2.24. The van der Waals surface area contributed by atoms with Crippen molar-refractivity contribution in [2.45, 2.75) is 32.3 Å². The van der Waals surface area contributed by atoms with E-state index in [1.165, 1.54) is 12.1 Å². The average Bonchev–Trinajstić information content (AvgIpc) is 2.71. The lowest BCUT2D eigenvalue weighted by Crippen LogP contribution is -2.06. The van der Waals surface area contributed by atoms with E-state index in [1.807, 2.05) is 24.6 Å². The summed E-state index contributed by atoms with van der Waals surface area (Å²) in [4.78, 5) is 0. The monoisotopic (exact) mass is 404 g/mol. The summed E-state index contributed by atoms with van der Waals surface area (Å²) in [6.45, 7) is 5.07. The molecule has 0 saturated heterocycles. The highest BCUT2D eigenvalue weighted by molar-refractivity contribution is 9.10. The Balaban J connectivity index is 2.18. The molecule has 0 fully saturated rings. The molecule has 0 aliphatic carbocycles. The van der Waals surface area contributed by atoms with Crippen LogP contribution in [0.5, 0.6) is 5.75 Å². The van der Waals surface area contributed by atoms with Crippen molar-refractivity contribution in [2.24, 2.45) is 0 Å². The summed E-state index contributed by atoms with van der Waals surface area (Å²) in [6, 6.07) is 4.70. The Morgan fingerprint density at radius 3 is 2.75 bits per heavy atom. The van der Waals surface area contributed by atoms with E-state index < -0.39 is 0 Å². The predicted octanol–water partition coefficient (Wildman–Crippen LogP) is 4.59. The fraction of sp³-hybridized carbons (Fsp3) is 0.357. The number of hydrogen-bond acceptors (Lipinski definition) is 2. The summed E-state index contributed by atoms with van der Waals surface area (Å²) in [5, 5.41) is 4.99. The van der Waals surface area contributed by atoms with E-state index in [2.05, 4.69) is 37.0 Å². The molecule has 108 valence electrons. The van der Waals surface area contributed by atoms with Gasteiger partial charge in [-0.05, 0) is 47.5 Å². The van der Waals surface area contributed by atoms with Crippen molar-refractivity contribution in [3.8, 4) is 5.75 Å². The molecule has 6 heteroatoms. The van der Waals surface area contributed by atoms with E-state index in [0.717, 1.165) is 28.0 Å². The molecule has 0 saturated carbocycles. The van der Waals surface area contributed by atoms with Crippen LogP contribution in [-0.2, 0) is 18.5 Å². The minimum atomic E-state index is -0.295. The van der Waals surface area contributed by atoms with E-state index in [4.69, 9.17) is 4.74 Å². The van der Waals surface area contributed by atoms with Gasteiger partial charge in [0.05, 0.1) is 15.9 Å². The van der Waals surface area contributed by atoms with Gasteiger partial charge in [0.25, 0.3) is 0 Å². The molecule has 1 aromatic heterocycles. The van der Waals surface area contributed by atoms with Crippen LogP contribution >= 0.6 is 31.9 Å². The number of halogens is 3. The van der Waals surface area contributed by atoms with Crippen LogP contribution in [0.4, 0.5) is 4.39 Å². The highest BCUT2D eigenvalue weighted by Gasteiger charge is 2.13. The summed E-state index contributed by atoms with van der Waals surface area (Å²) < 4.78 is 22.0. The number of hydrogen-bond donors (Lipinski definition) is 0. The van der Waals surface area contributed by atoms with Crippen LogP contribution in [-0.4, -0.2) is 9.78 Å². The van der Waals surface area contributed by atoms with Crippen LogP contribution in [0.2, 0.25) is 0 Å². The second kappa shape index (κ2) is 6.72. The average molecular weight is 406 g/mol. The zero-order valence-corrected chi connectivity index (χ0v) is 14.5. The van der Waals surface area contributed by atoms with Crippen LogP contribution in [0.25, 0.3) is 0 Å². The third-order valence-corrected chi connectivity index (χ3v) is 4.59. The molecule has 0 atom stereocenters. The SMILES string of the molecule is CCn1nc(C)c(Br)c1COc1cc(F)cc(CBr)c1. The van der Waals surface area contributed by atoms with Gasteiger partial charge in [0.15, 0.2) is 0 Å². The van der Waals surface area contributed by atoms with Crippen LogP contribution in [0.3, 0.4) is 0 Å². The van der Waals surface area contributed by atoms with Gasteiger partial charge in [-0.3, -0.25) is 4.68 Å². The number of benzene rings is 1. The van der Waals surface area contributed by atoms with E-state index in [1.54, 1.807) is 0 Å². The molecule has 0 radical (unpaired) electrons. The first-order valence-corrected chi connectivity index (χ1v) is 8.16. The van der Waals surface area contributed by atoms with Gasteiger partial charge >= 0.3 is 0 Å². The van der Waals surface area contributed by atoms with Crippen molar-refractivity contribution in [3.05, 3.63) is 45.4 Å². The second-order valence-electron chi connectivity index (χ2n) is 4.38. The number of nitrogens with zero attached hydrogens (tertiary/aromatic N) is 2. The van der Waals surface area contributed by atoms with Crippen molar-refractivity contribution >= 4 is 31.9 Å². The molecule has 1 aromatic carbocycles. The lowest BCUT2D eigenvalue weighted by Gasteiger charge is -2.09. The van der Waals surface area contributed by atoms with E-state index >= 15 is 0 Å². The third-order valence-electron chi connectivity index (χ3n) is 2.91. The molecular formula is C14H15Br2FN2O. The van der Waals surface area contributed by atoms with Crippen LogP contribution in [0.15, 0.2) is 22.7 Å². The normalized spacial score (nSPS) is 10.8. The molecule has 2 aromatic rings. The first kappa shape index (κ1) is 15.5. The van der Waals surface area contributed by atoms with Gasteiger partial charge in [-0.2, -0.15) is 5.10 Å². The first-order valence-electron chi connectivity index (χ1n) is 6.25. The summed E-state index contributed by atoms with van der Waals surface area (Å²) in [5.74, 6) is 0.226. The van der Waals surface area contributed by atoms with Crippen molar-refractivity contribution in [3.63, 3.8) is 0 Å². The van der Waals surface area contributed by atoms with Gasteiger partial charge in [-0.1, -0.05) is 15.9 Å². The molecule has 0 spiro atoms. The topological polar surface area (TPSA) is 27.1 Å². The minimum absolute atomic E-state index is 0.295. The number of rotatable bonds is 5. The fourth-order valence-electron chi connectivity index (χ4n) is 1.94. The van der Waals surface area contributed by atoms with Gasteiger partial charge in [0, 0.05) is 17.9 Å². The quantitative estimate of drug-likeness (QED) is 0.680. The molecule has 0 aliphatic rings. The third kappa shape index (κ3) is 3.41. The summed E-state index contributed by atoms with van der Waals surface area (Å²) in [5.41, 5.74) is 2.72. The summed E-state index contributed by atoms with van der Waals surface area (Å²) >= 11 is 6.83. The zero-order valence-electron chi connectivity index (χ0n) is 11.3. The van der Waals surface area contributed by atoms with Crippen LogP contribution in [0.1, 0.15) is 23.9 Å². The molecule has 0 N–H and O–H groups in total. The Morgan fingerprint density at radius 1 is 1.35 bits per heavy atom. The molecule has 0 amide bonds. The zero-order chi connectivity index (χ0) is 14.7. The van der Waals surface area contributed by atoms with Gasteiger partial charge in [0.1, 0.15) is 18.2 Å². The van der Waals surface area contributed by atoms with E-state index in [9.17, 15) is 4.39 Å². The Bertz CT molecular complexity index is 613. The number of alkyl halides is 1. The van der Waals surface area contributed by atoms with E-state index in [-0.39, 0.29) is 5.82 Å². The van der Waals surface area contributed by atoms with Crippen molar-refractivity contribution in [1.29, 1.82) is 0 Å². The van der Waals surface area contributed by atoms with E-state index in [0.29, 0.717) is 17.7 Å².